The predicted octanol–water partition coefficient (Wildman–Crippen LogP) is 2.64. The highest BCUT2D eigenvalue weighted by Gasteiger charge is 2.59. The van der Waals surface area contributed by atoms with Gasteiger partial charge in [0.2, 0.25) is 0 Å². The van der Waals surface area contributed by atoms with E-state index >= 15 is 0 Å². The Hall–Kier alpha value is -1.53. The lowest BCUT2D eigenvalue weighted by molar-refractivity contribution is -0.108. The quantitative estimate of drug-likeness (QED) is 0.838. The average Bonchev–Trinajstić information content (AvgIpc) is 3.20. The summed E-state index contributed by atoms with van der Waals surface area (Å²) in [7, 11) is 1.62. The maximum absolute atomic E-state index is 12.5. The fourth-order valence-corrected chi connectivity index (χ4v) is 4.09. The summed E-state index contributed by atoms with van der Waals surface area (Å²) in [5, 5.41) is 6.11. The van der Waals surface area contributed by atoms with Crippen LogP contribution in [0.3, 0.4) is 0 Å². The lowest BCUT2D eigenvalue weighted by Gasteiger charge is -2.54. The van der Waals surface area contributed by atoms with Crippen LogP contribution in [0, 0.1) is 11.3 Å². The van der Waals surface area contributed by atoms with Crippen LogP contribution in [0.5, 0.6) is 0 Å². The van der Waals surface area contributed by atoms with Gasteiger partial charge < -0.3 is 24.5 Å². The normalized spacial score (nSPS) is 28.8. The van der Waals surface area contributed by atoms with Crippen LogP contribution in [0.2, 0.25) is 0 Å². The van der Waals surface area contributed by atoms with E-state index in [1.165, 1.54) is 0 Å². The topological polar surface area (TPSA) is 72.7 Å². The molecule has 6 heteroatoms. The Balaban J connectivity index is 1.61. The maximum Gasteiger partial charge on any atom is 0.315 e. The monoisotopic (exact) mass is 336 g/mol. The first kappa shape index (κ1) is 17.3. The summed E-state index contributed by atoms with van der Waals surface area (Å²) in [5.74, 6) is 2.04. The lowest BCUT2D eigenvalue weighted by Crippen LogP contribution is -2.67. The fourth-order valence-electron chi connectivity index (χ4n) is 4.09. The second-order valence-corrected chi connectivity index (χ2v) is 7.33. The fraction of sp³-hybridized carbons (Fsp3) is 0.722. The van der Waals surface area contributed by atoms with Crippen molar-refractivity contribution in [1.82, 2.24) is 10.6 Å². The summed E-state index contributed by atoms with van der Waals surface area (Å²) in [6.45, 7) is 7.49. The number of fused-ring (bicyclic) bond motifs is 1. The summed E-state index contributed by atoms with van der Waals surface area (Å²) in [5.41, 5.74) is -0.0324. The van der Waals surface area contributed by atoms with Crippen LogP contribution >= 0.6 is 0 Å². The molecule has 2 heterocycles. The number of rotatable bonds is 6. The highest BCUT2D eigenvalue weighted by molar-refractivity contribution is 5.75. The summed E-state index contributed by atoms with van der Waals surface area (Å²) in [6.07, 6.45) is 2.10. The van der Waals surface area contributed by atoms with E-state index in [0.717, 1.165) is 31.0 Å². The summed E-state index contributed by atoms with van der Waals surface area (Å²) in [6, 6.07) is 3.49. The highest BCUT2D eigenvalue weighted by atomic mass is 16.5. The molecule has 1 aliphatic carbocycles. The van der Waals surface area contributed by atoms with Crippen molar-refractivity contribution < 1.29 is 18.7 Å². The summed E-state index contributed by atoms with van der Waals surface area (Å²) in [4.78, 5) is 12.5. The van der Waals surface area contributed by atoms with Gasteiger partial charge in [-0.3, -0.25) is 0 Å². The summed E-state index contributed by atoms with van der Waals surface area (Å²) >= 11 is 0. The molecule has 2 aliphatic rings. The smallest absolute Gasteiger partial charge is 0.315 e. The van der Waals surface area contributed by atoms with Gasteiger partial charge in [0.1, 0.15) is 17.6 Å². The molecule has 1 aromatic rings. The van der Waals surface area contributed by atoms with Gasteiger partial charge in [0.05, 0.1) is 12.7 Å². The minimum absolute atomic E-state index is 0.0324. The predicted molar refractivity (Wildman–Crippen MR) is 89.8 cm³/mol. The molecule has 1 saturated heterocycles. The minimum Gasteiger partial charge on any atom is -0.464 e. The Morgan fingerprint density at radius 3 is 2.92 bits per heavy atom. The third kappa shape index (κ3) is 3.05. The van der Waals surface area contributed by atoms with Crippen molar-refractivity contribution in [2.45, 2.75) is 51.8 Å². The first-order chi connectivity index (χ1) is 11.5. The van der Waals surface area contributed by atoms with Crippen LogP contribution in [-0.2, 0) is 15.9 Å². The zero-order chi connectivity index (χ0) is 17.3. The number of amides is 2. The molecule has 2 N–H and O–H groups in total. The molecule has 0 aromatic carbocycles. The van der Waals surface area contributed by atoms with E-state index < -0.39 is 0 Å². The van der Waals surface area contributed by atoms with Crippen molar-refractivity contribution in [1.29, 1.82) is 0 Å². The van der Waals surface area contributed by atoms with Gasteiger partial charge in [-0.25, -0.2) is 4.79 Å². The molecule has 1 aliphatic heterocycles. The van der Waals surface area contributed by atoms with Crippen LogP contribution in [0.1, 0.15) is 44.8 Å². The summed E-state index contributed by atoms with van der Waals surface area (Å²) < 4.78 is 16.8. The van der Waals surface area contributed by atoms with Gasteiger partial charge >= 0.3 is 6.03 Å². The molecule has 1 aromatic heterocycles. The molecule has 0 unspecified atom stereocenters. The second kappa shape index (κ2) is 6.76. The first-order valence-corrected chi connectivity index (χ1v) is 8.73. The largest absolute Gasteiger partial charge is 0.464 e. The zero-order valence-electron chi connectivity index (χ0n) is 14.9. The second-order valence-electron chi connectivity index (χ2n) is 7.33. The van der Waals surface area contributed by atoms with Gasteiger partial charge in [0, 0.05) is 37.5 Å². The van der Waals surface area contributed by atoms with Crippen molar-refractivity contribution in [2.24, 2.45) is 11.3 Å². The SMILES string of the molecule is CCc1ccc([C@H](COC)NC(=O)N[C@@H]2[C@H]3CCO[C@H]3C2(C)C)o1. The van der Waals surface area contributed by atoms with Crippen LogP contribution in [0.15, 0.2) is 16.5 Å². The molecule has 3 rings (SSSR count). The van der Waals surface area contributed by atoms with Gasteiger partial charge in [-0.1, -0.05) is 20.8 Å². The van der Waals surface area contributed by atoms with Crippen LogP contribution in [0.4, 0.5) is 4.79 Å². The Morgan fingerprint density at radius 2 is 2.25 bits per heavy atom. The Labute approximate surface area is 143 Å². The number of aryl methyl sites for hydroxylation is 1. The Kier molecular flexibility index (Phi) is 4.88. The standard InChI is InChI=1S/C18H28N2O4/c1-5-11-6-7-14(24-11)13(10-22-4)19-17(21)20-15-12-8-9-23-16(12)18(15,2)3/h6-7,12-13,15-16H,5,8-10H2,1-4H3,(H2,19,20,21)/t12-,13+,15-,16-/m1/s1. The van der Waals surface area contributed by atoms with Gasteiger partial charge in [-0.15, -0.1) is 0 Å². The van der Waals surface area contributed by atoms with E-state index in [0.29, 0.717) is 12.5 Å². The molecule has 134 valence electrons. The number of urea groups is 1. The average molecular weight is 336 g/mol. The Morgan fingerprint density at radius 1 is 1.46 bits per heavy atom. The number of methoxy groups -OCH3 is 1. The highest BCUT2D eigenvalue weighted by Crippen LogP contribution is 2.52. The van der Waals surface area contributed by atoms with E-state index in [4.69, 9.17) is 13.9 Å². The van der Waals surface area contributed by atoms with Crippen LogP contribution < -0.4 is 10.6 Å². The number of hydrogen-bond donors (Lipinski definition) is 2. The van der Waals surface area contributed by atoms with Gasteiger partial charge in [0.15, 0.2) is 0 Å². The number of carbonyl (C=O) groups excluding carboxylic acids is 1. The van der Waals surface area contributed by atoms with Gasteiger partial charge in [-0.2, -0.15) is 0 Å². The maximum atomic E-state index is 12.5. The van der Waals surface area contributed by atoms with E-state index in [1.54, 1.807) is 7.11 Å². The molecule has 24 heavy (non-hydrogen) atoms. The van der Waals surface area contributed by atoms with Crippen molar-refractivity contribution >= 4 is 6.03 Å². The van der Waals surface area contributed by atoms with Crippen molar-refractivity contribution in [2.75, 3.05) is 20.3 Å². The molecule has 4 atom stereocenters. The van der Waals surface area contributed by atoms with Gasteiger partial charge in [-0.05, 0) is 18.6 Å². The molecule has 0 spiro atoms. The number of furan rings is 1. The van der Waals surface area contributed by atoms with Gasteiger partial charge in [0.25, 0.3) is 0 Å². The van der Waals surface area contributed by atoms with Crippen molar-refractivity contribution in [3.8, 4) is 0 Å². The number of hydrogen-bond acceptors (Lipinski definition) is 4. The first-order valence-electron chi connectivity index (χ1n) is 8.73. The van der Waals surface area contributed by atoms with E-state index in [2.05, 4.69) is 24.5 Å². The molecule has 1 saturated carbocycles. The van der Waals surface area contributed by atoms with Crippen LogP contribution in [0.25, 0.3) is 0 Å². The van der Waals surface area contributed by atoms with Crippen molar-refractivity contribution in [3.63, 3.8) is 0 Å². The minimum atomic E-state index is -0.297. The van der Waals surface area contributed by atoms with E-state index in [1.807, 2.05) is 19.1 Å². The molecule has 6 nitrogen and oxygen atoms in total. The molecular formula is C18H28N2O4. The molecule has 2 fully saturated rings. The Bertz CT molecular complexity index is 583. The molecular weight excluding hydrogens is 308 g/mol. The number of ether oxygens (including phenoxy) is 2. The third-order valence-electron chi connectivity index (χ3n) is 5.40. The lowest BCUT2D eigenvalue weighted by atomic mass is 9.57. The van der Waals surface area contributed by atoms with E-state index in [9.17, 15) is 4.79 Å². The molecule has 0 bridgehead atoms. The number of carbonyl (C=O) groups is 1. The molecule has 0 radical (unpaired) electrons. The molecule has 2 amide bonds. The number of nitrogens with one attached hydrogen (secondary N) is 2. The third-order valence-corrected chi connectivity index (χ3v) is 5.40. The van der Waals surface area contributed by atoms with Crippen LogP contribution in [-0.4, -0.2) is 38.5 Å². The zero-order valence-corrected chi connectivity index (χ0v) is 14.9. The van der Waals surface area contributed by atoms with E-state index in [-0.39, 0.29) is 29.6 Å². The van der Waals surface area contributed by atoms with Crippen molar-refractivity contribution in [3.05, 3.63) is 23.7 Å².